The van der Waals surface area contributed by atoms with Crippen molar-refractivity contribution in [2.45, 2.75) is 88.8 Å². The third kappa shape index (κ3) is 6.17. The molecule has 200 valence electrons. The summed E-state index contributed by atoms with van der Waals surface area (Å²) in [6.45, 7) is 0.530. The lowest BCUT2D eigenvalue weighted by molar-refractivity contribution is -0.130. The standard InChI is InChI=1S/C30H39ClFN3O2/c31-24-19-26-27(20-25(24)32)35-30(34-26,17-10-18-37-23-15-8-3-9-16-23)28(21-11-4-1-5-12-21)29(36)33-22-13-6-2-7-14-22/h3,8-9,15-16,19-22,28,34-35H,1-2,4-7,10-14,17-18H2,(H,33,36). The van der Waals surface area contributed by atoms with Gasteiger partial charge in [-0.2, -0.15) is 0 Å². The van der Waals surface area contributed by atoms with Crippen LogP contribution in [0.4, 0.5) is 15.8 Å². The van der Waals surface area contributed by atoms with E-state index in [1.54, 1.807) is 6.07 Å². The van der Waals surface area contributed by atoms with Gasteiger partial charge in [-0.15, -0.1) is 0 Å². The van der Waals surface area contributed by atoms with Gasteiger partial charge in [-0.3, -0.25) is 4.79 Å². The lowest BCUT2D eigenvalue weighted by Crippen LogP contribution is -2.59. The van der Waals surface area contributed by atoms with E-state index in [0.717, 1.165) is 56.4 Å². The van der Waals surface area contributed by atoms with Gasteiger partial charge in [0.05, 0.1) is 28.9 Å². The predicted molar refractivity (Wildman–Crippen MR) is 148 cm³/mol. The molecule has 3 aliphatic rings. The first-order chi connectivity index (χ1) is 18.0. The summed E-state index contributed by atoms with van der Waals surface area (Å²) in [5, 5.41) is 10.8. The summed E-state index contributed by atoms with van der Waals surface area (Å²) < 4.78 is 20.4. The molecule has 3 N–H and O–H groups in total. The first-order valence-corrected chi connectivity index (χ1v) is 14.5. The topological polar surface area (TPSA) is 62.4 Å². The Balaban J connectivity index is 1.41. The second-order valence-electron chi connectivity index (χ2n) is 11.0. The number of hydrogen-bond acceptors (Lipinski definition) is 4. The molecule has 2 saturated carbocycles. The molecular formula is C30H39ClFN3O2. The molecule has 0 bridgehead atoms. The average Bonchev–Trinajstić information content (AvgIpc) is 3.26. The molecule has 2 aromatic rings. The van der Waals surface area contributed by atoms with Gasteiger partial charge in [0, 0.05) is 12.1 Å². The largest absolute Gasteiger partial charge is 0.494 e. The van der Waals surface area contributed by atoms with Crippen LogP contribution in [-0.4, -0.2) is 24.2 Å². The number of carbonyl (C=O) groups is 1. The Labute approximate surface area is 224 Å². The van der Waals surface area contributed by atoms with E-state index in [2.05, 4.69) is 16.0 Å². The number of amides is 1. The van der Waals surface area contributed by atoms with E-state index in [0.29, 0.717) is 18.7 Å². The second-order valence-corrected chi connectivity index (χ2v) is 11.4. The molecule has 2 unspecified atom stereocenters. The van der Waals surface area contributed by atoms with Gasteiger partial charge in [0.15, 0.2) is 0 Å². The smallest absolute Gasteiger partial charge is 0.227 e. The maximum atomic E-state index is 14.4. The van der Waals surface area contributed by atoms with Crippen molar-refractivity contribution in [3.63, 3.8) is 0 Å². The molecule has 1 amide bonds. The zero-order valence-electron chi connectivity index (χ0n) is 21.5. The van der Waals surface area contributed by atoms with Crippen LogP contribution < -0.4 is 20.7 Å². The zero-order chi connectivity index (χ0) is 25.7. The van der Waals surface area contributed by atoms with Gasteiger partial charge in [-0.05, 0) is 62.6 Å². The van der Waals surface area contributed by atoms with E-state index in [9.17, 15) is 9.18 Å². The quantitative estimate of drug-likeness (QED) is 0.295. The number of anilines is 2. The van der Waals surface area contributed by atoms with E-state index < -0.39 is 11.5 Å². The normalized spacial score (nSPS) is 23.0. The molecule has 1 heterocycles. The van der Waals surface area contributed by atoms with Gasteiger partial charge in [-0.25, -0.2) is 4.39 Å². The van der Waals surface area contributed by atoms with E-state index in [1.165, 1.54) is 31.7 Å². The lowest BCUT2D eigenvalue weighted by atomic mass is 9.71. The molecule has 2 fully saturated rings. The summed E-state index contributed by atoms with van der Waals surface area (Å²) in [5.74, 6) is 0.448. The van der Waals surface area contributed by atoms with Crippen LogP contribution in [0.15, 0.2) is 42.5 Å². The SMILES string of the molecule is O=C(NC1CCCCC1)C(C1CCCCC1)C1(CCCOc2ccccc2)Nc2cc(F)c(Cl)cc2N1. The first-order valence-electron chi connectivity index (χ1n) is 14.1. The molecule has 7 heteroatoms. The first kappa shape index (κ1) is 26.1. The van der Waals surface area contributed by atoms with Gasteiger partial charge in [0.1, 0.15) is 17.2 Å². The number of benzene rings is 2. The highest BCUT2D eigenvalue weighted by Gasteiger charge is 2.50. The Hall–Kier alpha value is -2.47. The molecule has 1 aliphatic heterocycles. The van der Waals surface area contributed by atoms with Crippen LogP contribution in [0, 0.1) is 17.7 Å². The fourth-order valence-corrected chi connectivity index (χ4v) is 6.77. The third-order valence-corrected chi connectivity index (χ3v) is 8.68. The predicted octanol–water partition coefficient (Wildman–Crippen LogP) is 7.52. The Morgan fingerprint density at radius 2 is 1.65 bits per heavy atom. The highest BCUT2D eigenvalue weighted by atomic mass is 35.5. The number of nitrogens with one attached hydrogen (secondary N) is 3. The van der Waals surface area contributed by atoms with Crippen molar-refractivity contribution in [2.75, 3.05) is 17.2 Å². The Morgan fingerprint density at radius 3 is 2.35 bits per heavy atom. The molecule has 37 heavy (non-hydrogen) atoms. The van der Waals surface area contributed by atoms with E-state index in [-0.39, 0.29) is 28.8 Å². The van der Waals surface area contributed by atoms with Crippen LogP contribution >= 0.6 is 11.6 Å². The highest BCUT2D eigenvalue weighted by molar-refractivity contribution is 6.31. The molecule has 2 aromatic carbocycles. The van der Waals surface area contributed by atoms with Crippen LogP contribution in [0.25, 0.3) is 0 Å². The van der Waals surface area contributed by atoms with Gasteiger partial charge in [0.25, 0.3) is 0 Å². The van der Waals surface area contributed by atoms with Crippen LogP contribution in [0.5, 0.6) is 5.75 Å². The molecule has 0 saturated heterocycles. The minimum atomic E-state index is -0.736. The summed E-state index contributed by atoms with van der Waals surface area (Å²) in [5.41, 5.74) is 0.680. The van der Waals surface area contributed by atoms with Crippen LogP contribution in [0.2, 0.25) is 5.02 Å². The number of para-hydroxylation sites is 1. The summed E-state index contributed by atoms with van der Waals surface area (Å²) in [6.07, 6.45) is 12.6. The van der Waals surface area contributed by atoms with Crippen LogP contribution in [0.3, 0.4) is 0 Å². The Bertz CT molecular complexity index is 1020. The molecular weight excluding hydrogens is 489 g/mol. The minimum Gasteiger partial charge on any atom is -0.494 e. The monoisotopic (exact) mass is 527 g/mol. The number of ether oxygens (including phenoxy) is 1. The number of fused-ring (bicyclic) bond motifs is 1. The van der Waals surface area contributed by atoms with Crippen molar-refractivity contribution in [3.05, 3.63) is 53.3 Å². The summed E-state index contributed by atoms with van der Waals surface area (Å²) in [4.78, 5) is 14.1. The number of hydrogen-bond donors (Lipinski definition) is 3. The molecule has 5 nitrogen and oxygen atoms in total. The van der Waals surface area contributed by atoms with Gasteiger partial charge in [0.2, 0.25) is 5.91 Å². The van der Waals surface area contributed by atoms with Crippen LogP contribution in [-0.2, 0) is 4.79 Å². The van der Waals surface area contributed by atoms with Gasteiger partial charge < -0.3 is 20.7 Å². The summed E-state index contributed by atoms with van der Waals surface area (Å²) >= 11 is 6.16. The van der Waals surface area contributed by atoms with Crippen molar-refractivity contribution in [2.24, 2.45) is 11.8 Å². The fraction of sp³-hybridized carbons (Fsp3) is 0.567. The van der Waals surface area contributed by atoms with Crippen molar-refractivity contribution in [1.29, 1.82) is 0 Å². The Kier molecular flexibility index (Phi) is 8.43. The molecule has 5 rings (SSSR count). The highest BCUT2D eigenvalue weighted by Crippen LogP contribution is 2.47. The average molecular weight is 528 g/mol. The third-order valence-electron chi connectivity index (χ3n) is 8.39. The zero-order valence-corrected chi connectivity index (χ0v) is 22.3. The van der Waals surface area contributed by atoms with Gasteiger partial charge in [-0.1, -0.05) is 68.3 Å². The number of rotatable bonds is 9. The van der Waals surface area contributed by atoms with Crippen molar-refractivity contribution in [3.8, 4) is 5.75 Å². The summed E-state index contributed by atoms with van der Waals surface area (Å²) in [6, 6.07) is 13.1. The second kappa shape index (κ2) is 11.9. The van der Waals surface area contributed by atoms with Crippen molar-refractivity contribution < 1.29 is 13.9 Å². The van der Waals surface area contributed by atoms with E-state index in [4.69, 9.17) is 16.3 Å². The number of carbonyl (C=O) groups excluding carboxylic acids is 1. The molecule has 2 atom stereocenters. The van der Waals surface area contributed by atoms with Crippen molar-refractivity contribution in [1.82, 2.24) is 5.32 Å². The maximum absolute atomic E-state index is 14.4. The molecule has 0 radical (unpaired) electrons. The van der Waals surface area contributed by atoms with Crippen LogP contribution in [0.1, 0.15) is 77.0 Å². The Morgan fingerprint density at radius 1 is 1.00 bits per heavy atom. The molecule has 0 aromatic heterocycles. The maximum Gasteiger partial charge on any atom is 0.227 e. The van der Waals surface area contributed by atoms with Crippen molar-refractivity contribution >= 4 is 28.9 Å². The van der Waals surface area contributed by atoms with E-state index in [1.807, 2.05) is 30.3 Å². The minimum absolute atomic E-state index is 0.0807. The molecule has 0 spiro atoms. The van der Waals surface area contributed by atoms with Gasteiger partial charge >= 0.3 is 0 Å². The fourth-order valence-electron chi connectivity index (χ4n) is 6.60. The lowest BCUT2D eigenvalue weighted by Gasteiger charge is -2.44. The summed E-state index contributed by atoms with van der Waals surface area (Å²) in [7, 11) is 0. The number of halogens is 2. The van der Waals surface area contributed by atoms with E-state index >= 15 is 0 Å². The molecule has 2 aliphatic carbocycles.